The maximum absolute atomic E-state index is 9.57. The summed E-state index contributed by atoms with van der Waals surface area (Å²) in [7, 11) is 0. The largest absolute Gasteiger partial charge is 0.393 e. The first-order valence-electron chi connectivity index (χ1n) is 6.77. The molecule has 1 saturated heterocycles. The normalized spacial score (nSPS) is 18.8. The lowest BCUT2D eigenvalue weighted by Gasteiger charge is -2.28. The molecule has 1 N–H and O–H groups in total. The second-order valence-corrected chi connectivity index (χ2v) is 4.67. The SMILES string of the molecule is CCc1ccccc1C(CO)OC1CCOCC1. The Morgan fingerprint density at radius 2 is 2.06 bits per heavy atom. The summed E-state index contributed by atoms with van der Waals surface area (Å²) < 4.78 is 11.4. The highest BCUT2D eigenvalue weighted by Crippen LogP contribution is 2.25. The summed E-state index contributed by atoms with van der Waals surface area (Å²) in [5, 5.41) is 9.57. The molecular formula is C15H22O3. The van der Waals surface area contributed by atoms with Crippen molar-refractivity contribution < 1.29 is 14.6 Å². The predicted octanol–water partition coefficient (Wildman–Crippen LogP) is 2.48. The lowest BCUT2D eigenvalue weighted by Crippen LogP contribution is -2.26. The molecule has 0 aliphatic carbocycles. The smallest absolute Gasteiger partial charge is 0.106 e. The van der Waals surface area contributed by atoms with Crippen molar-refractivity contribution in [2.45, 2.75) is 38.4 Å². The van der Waals surface area contributed by atoms with Crippen molar-refractivity contribution in [2.24, 2.45) is 0 Å². The molecule has 1 aromatic carbocycles. The van der Waals surface area contributed by atoms with Gasteiger partial charge in [-0.3, -0.25) is 0 Å². The number of aryl methyl sites for hydroxylation is 1. The molecule has 1 aromatic rings. The van der Waals surface area contributed by atoms with Gasteiger partial charge in [-0.1, -0.05) is 31.2 Å². The van der Waals surface area contributed by atoms with Crippen LogP contribution in [0.3, 0.4) is 0 Å². The molecule has 0 bridgehead atoms. The molecule has 18 heavy (non-hydrogen) atoms. The summed E-state index contributed by atoms with van der Waals surface area (Å²) in [4.78, 5) is 0. The van der Waals surface area contributed by atoms with Crippen LogP contribution in [0.1, 0.15) is 37.0 Å². The van der Waals surface area contributed by atoms with Gasteiger partial charge < -0.3 is 14.6 Å². The van der Waals surface area contributed by atoms with Crippen LogP contribution in [0.4, 0.5) is 0 Å². The van der Waals surface area contributed by atoms with E-state index in [2.05, 4.69) is 19.1 Å². The third kappa shape index (κ3) is 3.31. The first kappa shape index (κ1) is 13.5. The molecule has 2 rings (SSSR count). The molecule has 0 aromatic heterocycles. The average Bonchev–Trinajstić information content (AvgIpc) is 2.46. The van der Waals surface area contributed by atoms with Crippen molar-refractivity contribution in [3.05, 3.63) is 35.4 Å². The second-order valence-electron chi connectivity index (χ2n) is 4.67. The zero-order chi connectivity index (χ0) is 12.8. The Morgan fingerprint density at radius 1 is 1.33 bits per heavy atom. The molecule has 3 heteroatoms. The third-order valence-corrected chi connectivity index (χ3v) is 3.47. The van der Waals surface area contributed by atoms with Gasteiger partial charge in [0.25, 0.3) is 0 Å². The molecule has 0 radical (unpaired) electrons. The number of aliphatic hydroxyl groups is 1. The summed E-state index contributed by atoms with van der Waals surface area (Å²) in [5.74, 6) is 0. The Kier molecular flexibility index (Phi) is 5.17. The van der Waals surface area contributed by atoms with Crippen LogP contribution in [0.2, 0.25) is 0 Å². The molecule has 1 fully saturated rings. The monoisotopic (exact) mass is 250 g/mol. The first-order valence-corrected chi connectivity index (χ1v) is 6.77. The molecule has 1 atom stereocenters. The van der Waals surface area contributed by atoms with E-state index in [0.29, 0.717) is 0 Å². The maximum Gasteiger partial charge on any atom is 0.106 e. The van der Waals surface area contributed by atoms with E-state index < -0.39 is 0 Å². The second kappa shape index (κ2) is 6.88. The van der Waals surface area contributed by atoms with Crippen molar-refractivity contribution in [2.75, 3.05) is 19.8 Å². The van der Waals surface area contributed by atoms with Gasteiger partial charge in [0.05, 0.1) is 12.7 Å². The fourth-order valence-corrected chi connectivity index (χ4v) is 2.43. The van der Waals surface area contributed by atoms with Crippen LogP contribution >= 0.6 is 0 Å². The van der Waals surface area contributed by atoms with Crippen LogP contribution in [0, 0.1) is 0 Å². The van der Waals surface area contributed by atoms with Crippen LogP contribution in [0.25, 0.3) is 0 Å². The van der Waals surface area contributed by atoms with E-state index in [9.17, 15) is 5.11 Å². The van der Waals surface area contributed by atoms with Gasteiger partial charge in [0.1, 0.15) is 6.10 Å². The van der Waals surface area contributed by atoms with Gasteiger partial charge >= 0.3 is 0 Å². The third-order valence-electron chi connectivity index (χ3n) is 3.47. The Hall–Kier alpha value is -0.900. The highest BCUT2D eigenvalue weighted by Gasteiger charge is 2.21. The number of aliphatic hydroxyl groups excluding tert-OH is 1. The molecule has 3 nitrogen and oxygen atoms in total. The molecule has 1 heterocycles. The number of ether oxygens (including phenoxy) is 2. The van der Waals surface area contributed by atoms with E-state index in [1.165, 1.54) is 5.56 Å². The molecule has 0 amide bonds. The van der Waals surface area contributed by atoms with Gasteiger partial charge in [0.2, 0.25) is 0 Å². The van der Waals surface area contributed by atoms with Gasteiger partial charge in [0.15, 0.2) is 0 Å². The Morgan fingerprint density at radius 3 is 2.72 bits per heavy atom. The number of benzene rings is 1. The van der Waals surface area contributed by atoms with Crippen molar-refractivity contribution in [1.29, 1.82) is 0 Å². The van der Waals surface area contributed by atoms with Crippen LogP contribution in [-0.4, -0.2) is 31.0 Å². The van der Waals surface area contributed by atoms with Crippen LogP contribution in [-0.2, 0) is 15.9 Å². The van der Waals surface area contributed by atoms with Crippen molar-refractivity contribution >= 4 is 0 Å². The highest BCUT2D eigenvalue weighted by atomic mass is 16.5. The zero-order valence-electron chi connectivity index (χ0n) is 11.0. The molecule has 1 unspecified atom stereocenters. The van der Waals surface area contributed by atoms with Crippen LogP contribution in [0.5, 0.6) is 0 Å². The van der Waals surface area contributed by atoms with Gasteiger partial charge in [-0.2, -0.15) is 0 Å². The van der Waals surface area contributed by atoms with Gasteiger partial charge in [-0.15, -0.1) is 0 Å². The van der Waals surface area contributed by atoms with E-state index in [0.717, 1.165) is 38.0 Å². The Labute approximate surface area is 109 Å². The molecule has 0 saturated carbocycles. The van der Waals surface area contributed by atoms with E-state index in [1.807, 2.05) is 12.1 Å². The number of rotatable bonds is 5. The standard InChI is InChI=1S/C15H22O3/c1-2-12-5-3-4-6-14(12)15(11-16)18-13-7-9-17-10-8-13/h3-6,13,15-16H,2,7-11H2,1H3. The predicted molar refractivity (Wildman–Crippen MR) is 70.6 cm³/mol. The summed E-state index contributed by atoms with van der Waals surface area (Å²) in [6, 6.07) is 8.19. The summed E-state index contributed by atoms with van der Waals surface area (Å²) >= 11 is 0. The first-order chi connectivity index (χ1) is 8.85. The molecule has 0 spiro atoms. The summed E-state index contributed by atoms with van der Waals surface area (Å²) in [6.07, 6.45) is 2.81. The number of hydrogen-bond donors (Lipinski definition) is 1. The Balaban J connectivity index is 2.07. The fourth-order valence-electron chi connectivity index (χ4n) is 2.43. The quantitative estimate of drug-likeness (QED) is 0.872. The van der Waals surface area contributed by atoms with E-state index in [-0.39, 0.29) is 18.8 Å². The van der Waals surface area contributed by atoms with Crippen LogP contribution < -0.4 is 0 Å². The van der Waals surface area contributed by atoms with Crippen molar-refractivity contribution in [1.82, 2.24) is 0 Å². The average molecular weight is 250 g/mol. The topological polar surface area (TPSA) is 38.7 Å². The Bertz CT molecular complexity index is 359. The minimum Gasteiger partial charge on any atom is -0.393 e. The van der Waals surface area contributed by atoms with Crippen molar-refractivity contribution in [3.8, 4) is 0 Å². The van der Waals surface area contributed by atoms with E-state index in [1.54, 1.807) is 0 Å². The van der Waals surface area contributed by atoms with Gasteiger partial charge in [-0.05, 0) is 30.4 Å². The minimum atomic E-state index is -0.204. The molecular weight excluding hydrogens is 228 g/mol. The van der Waals surface area contributed by atoms with E-state index >= 15 is 0 Å². The summed E-state index contributed by atoms with van der Waals surface area (Å²) in [6.45, 7) is 3.69. The maximum atomic E-state index is 9.57. The lowest BCUT2D eigenvalue weighted by atomic mass is 10.0. The minimum absolute atomic E-state index is 0.0361. The molecule has 1 aliphatic rings. The molecule has 100 valence electrons. The summed E-state index contributed by atoms with van der Waals surface area (Å²) in [5.41, 5.74) is 2.37. The number of hydrogen-bond acceptors (Lipinski definition) is 3. The fraction of sp³-hybridized carbons (Fsp3) is 0.600. The van der Waals surface area contributed by atoms with Gasteiger partial charge in [0, 0.05) is 13.2 Å². The van der Waals surface area contributed by atoms with Gasteiger partial charge in [-0.25, -0.2) is 0 Å². The lowest BCUT2D eigenvalue weighted by molar-refractivity contribution is -0.0850. The van der Waals surface area contributed by atoms with E-state index in [4.69, 9.17) is 9.47 Å². The van der Waals surface area contributed by atoms with Crippen molar-refractivity contribution in [3.63, 3.8) is 0 Å². The highest BCUT2D eigenvalue weighted by molar-refractivity contribution is 5.29. The zero-order valence-corrected chi connectivity index (χ0v) is 11.0. The molecule has 1 aliphatic heterocycles. The van der Waals surface area contributed by atoms with Crippen LogP contribution in [0.15, 0.2) is 24.3 Å².